The lowest BCUT2D eigenvalue weighted by molar-refractivity contribution is -0.147. The number of carbonyl (C=O) groups is 1. The zero-order valence-electron chi connectivity index (χ0n) is 9.48. The minimum atomic E-state index is -0.949. The molecule has 6 heteroatoms. The van der Waals surface area contributed by atoms with Crippen LogP contribution < -0.4 is 0 Å². The van der Waals surface area contributed by atoms with E-state index in [0.717, 1.165) is 6.08 Å². The number of phenols is 2. The average molecular weight is 254 g/mol. The Morgan fingerprint density at radius 3 is 2.44 bits per heavy atom. The molecule has 0 aliphatic rings. The van der Waals surface area contributed by atoms with Gasteiger partial charge in [-0.25, -0.2) is 4.79 Å². The van der Waals surface area contributed by atoms with Gasteiger partial charge in [-0.3, -0.25) is 0 Å². The molecule has 0 aliphatic carbocycles. The van der Waals surface area contributed by atoms with Gasteiger partial charge in [-0.15, -0.1) is 0 Å². The lowest BCUT2D eigenvalue weighted by Crippen LogP contribution is -2.24. The summed E-state index contributed by atoms with van der Waals surface area (Å²) in [4.78, 5) is 11.3. The van der Waals surface area contributed by atoms with E-state index in [0.29, 0.717) is 5.56 Å². The van der Waals surface area contributed by atoms with E-state index in [1.165, 1.54) is 24.3 Å². The van der Waals surface area contributed by atoms with Crippen molar-refractivity contribution in [2.24, 2.45) is 0 Å². The number of aliphatic hydroxyl groups excluding tert-OH is 2. The number of phenolic OH excluding ortho intramolecular Hbond substituents is 2. The number of ether oxygens (including phenoxy) is 1. The second-order valence-corrected chi connectivity index (χ2v) is 3.51. The highest BCUT2D eigenvalue weighted by molar-refractivity contribution is 5.87. The molecule has 0 bridgehead atoms. The van der Waals surface area contributed by atoms with Gasteiger partial charge >= 0.3 is 5.97 Å². The van der Waals surface area contributed by atoms with Crippen LogP contribution in [0.1, 0.15) is 5.56 Å². The van der Waals surface area contributed by atoms with Crippen LogP contribution in [0.4, 0.5) is 0 Å². The first-order valence-electron chi connectivity index (χ1n) is 5.19. The second-order valence-electron chi connectivity index (χ2n) is 3.51. The number of esters is 1. The SMILES string of the molecule is O=C(C=Cc1ccc(O)c(O)c1)OC(CO)CO. The van der Waals surface area contributed by atoms with E-state index in [2.05, 4.69) is 4.74 Å². The van der Waals surface area contributed by atoms with Crippen LogP contribution in [-0.2, 0) is 9.53 Å². The van der Waals surface area contributed by atoms with Crippen molar-refractivity contribution in [2.45, 2.75) is 6.10 Å². The Kier molecular flexibility index (Phi) is 5.16. The number of hydrogen-bond acceptors (Lipinski definition) is 6. The quantitative estimate of drug-likeness (QED) is 0.335. The van der Waals surface area contributed by atoms with Gasteiger partial charge in [0.2, 0.25) is 0 Å². The normalized spacial score (nSPS) is 11.1. The Labute approximate surface area is 103 Å². The molecule has 0 spiro atoms. The fourth-order valence-corrected chi connectivity index (χ4v) is 1.14. The van der Waals surface area contributed by atoms with Crippen molar-refractivity contribution in [3.8, 4) is 11.5 Å². The van der Waals surface area contributed by atoms with E-state index in [9.17, 15) is 9.90 Å². The van der Waals surface area contributed by atoms with Crippen LogP contribution in [0, 0.1) is 0 Å². The van der Waals surface area contributed by atoms with Crippen molar-refractivity contribution >= 4 is 12.0 Å². The average Bonchev–Trinajstić information content (AvgIpc) is 2.37. The third-order valence-corrected chi connectivity index (χ3v) is 2.10. The predicted octanol–water partition coefficient (Wildman–Crippen LogP) is 0.00740. The lowest BCUT2D eigenvalue weighted by atomic mass is 10.2. The first-order chi connectivity index (χ1) is 8.56. The minimum absolute atomic E-state index is 0.254. The van der Waals surface area contributed by atoms with Crippen molar-refractivity contribution < 1.29 is 30.0 Å². The van der Waals surface area contributed by atoms with Crippen molar-refractivity contribution in [1.82, 2.24) is 0 Å². The van der Waals surface area contributed by atoms with E-state index in [1.807, 2.05) is 0 Å². The van der Waals surface area contributed by atoms with Crippen LogP contribution in [0.5, 0.6) is 11.5 Å². The third-order valence-electron chi connectivity index (χ3n) is 2.10. The Morgan fingerprint density at radius 2 is 1.89 bits per heavy atom. The van der Waals surface area contributed by atoms with Gasteiger partial charge in [0.15, 0.2) is 11.5 Å². The van der Waals surface area contributed by atoms with E-state index in [1.54, 1.807) is 0 Å². The van der Waals surface area contributed by atoms with Crippen LogP contribution in [0.25, 0.3) is 6.08 Å². The largest absolute Gasteiger partial charge is 0.504 e. The molecule has 1 rings (SSSR count). The standard InChI is InChI=1S/C12H14O6/c13-6-9(7-14)18-12(17)4-2-8-1-3-10(15)11(16)5-8/h1-5,9,13-16H,6-7H2. The van der Waals surface area contributed by atoms with Crippen LogP contribution >= 0.6 is 0 Å². The maximum Gasteiger partial charge on any atom is 0.331 e. The fourth-order valence-electron chi connectivity index (χ4n) is 1.14. The number of aromatic hydroxyl groups is 2. The molecule has 0 aromatic heterocycles. The fraction of sp³-hybridized carbons (Fsp3) is 0.250. The van der Waals surface area contributed by atoms with Gasteiger partial charge in [0.05, 0.1) is 13.2 Å². The first-order valence-corrected chi connectivity index (χ1v) is 5.19. The summed E-state index contributed by atoms with van der Waals surface area (Å²) in [7, 11) is 0. The number of carbonyl (C=O) groups excluding carboxylic acids is 1. The molecule has 0 amide bonds. The number of hydrogen-bond donors (Lipinski definition) is 4. The summed E-state index contributed by atoms with van der Waals surface area (Å²) >= 11 is 0. The molecule has 4 N–H and O–H groups in total. The number of aliphatic hydroxyl groups is 2. The topological polar surface area (TPSA) is 107 Å². The summed E-state index contributed by atoms with van der Waals surface area (Å²) in [6, 6.07) is 4.05. The molecular formula is C12H14O6. The number of benzene rings is 1. The third kappa shape index (κ3) is 4.08. The molecule has 1 aromatic carbocycles. The van der Waals surface area contributed by atoms with Gasteiger partial charge in [0.1, 0.15) is 6.10 Å². The van der Waals surface area contributed by atoms with E-state index in [-0.39, 0.29) is 11.5 Å². The van der Waals surface area contributed by atoms with Gasteiger partial charge < -0.3 is 25.2 Å². The molecular weight excluding hydrogens is 240 g/mol. The molecule has 18 heavy (non-hydrogen) atoms. The summed E-state index contributed by atoms with van der Waals surface area (Å²) < 4.78 is 4.69. The van der Waals surface area contributed by atoms with E-state index < -0.39 is 25.3 Å². The Balaban J connectivity index is 2.63. The first kappa shape index (κ1) is 14.0. The Hall–Kier alpha value is -2.05. The molecule has 0 saturated carbocycles. The van der Waals surface area contributed by atoms with Gasteiger partial charge in [-0.1, -0.05) is 6.07 Å². The highest BCUT2D eigenvalue weighted by Gasteiger charge is 2.09. The molecule has 6 nitrogen and oxygen atoms in total. The molecule has 0 aliphatic heterocycles. The molecule has 0 saturated heterocycles. The summed E-state index contributed by atoms with van der Waals surface area (Å²) in [5, 5.41) is 35.7. The minimum Gasteiger partial charge on any atom is -0.504 e. The monoisotopic (exact) mass is 254 g/mol. The summed E-state index contributed by atoms with van der Waals surface area (Å²) in [5.74, 6) is -1.28. The highest BCUT2D eigenvalue weighted by atomic mass is 16.6. The summed E-state index contributed by atoms with van der Waals surface area (Å²) in [5.41, 5.74) is 0.492. The maximum atomic E-state index is 11.3. The van der Waals surface area contributed by atoms with Crippen molar-refractivity contribution in [3.05, 3.63) is 29.8 Å². The van der Waals surface area contributed by atoms with Gasteiger partial charge in [0, 0.05) is 6.08 Å². The zero-order chi connectivity index (χ0) is 13.5. The van der Waals surface area contributed by atoms with Crippen LogP contribution in [0.2, 0.25) is 0 Å². The van der Waals surface area contributed by atoms with Crippen LogP contribution in [0.15, 0.2) is 24.3 Å². The predicted molar refractivity (Wildman–Crippen MR) is 62.9 cm³/mol. The zero-order valence-corrected chi connectivity index (χ0v) is 9.48. The second kappa shape index (κ2) is 6.63. The van der Waals surface area contributed by atoms with Crippen molar-refractivity contribution in [3.63, 3.8) is 0 Å². The van der Waals surface area contributed by atoms with Gasteiger partial charge in [-0.05, 0) is 23.8 Å². The van der Waals surface area contributed by atoms with Crippen molar-refractivity contribution in [1.29, 1.82) is 0 Å². The highest BCUT2D eigenvalue weighted by Crippen LogP contribution is 2.25. The smallest absolute Gasteiger partial charge is 0.331 e. The maximum absolute atomic E-state index is 11.3. The van der Waals surface area contributed by atoms with Gasteiger partial charge in [0.25, 0.3) is 0 Å². The lowest BCUT2D eigenvalue weighted by Gasteiger charge is -2.10. The molecule has 0 heterocycles. The van der Waals surface area contributed by atoms with Crippen LogP contribution in [0.3, 0.4) is 0 Å². The van der Waals surface area contributed by atoms with Crippen LogP contribution in [-0.4, -0.2) is 45.7 Å². The van der Waals surface area contributed by atoms with Crippen molar-refractivity contribution in [2.75, 3.05) is 13.2 Å². The van der Waals surface area contributed by atoms with E-state index in [4.69, 9.17) is 15.3 Å². The van der Waals surface area contributed by atoms with Gasteiger partial charge in [-0.2, -0.15) is 0 Å². The molecule has 0 atom stereocenters. The summed E-state index contributed by atoms with van der Waals surface area (Å²) in [6.45, 7) is -0.924. The molecule has 0 unspecified atom stereocenters. The molecule has 1 aromatic rings. The molecule has 0 radical (unpaired) electrons. The summed E-state index contributed by atoms with van der Waals surface area (Å²) in [6.07, 6.45) is 1.51. The molecule has 98 valence electrons. The van der Waals surface area contributed by atoms with E-state index >= 15 is 0 Å². The Morgan fingerprint density at radius 1 is 1.22 bits per heavy atom. The number of rotatable bonds is 5. The molecule has 0 fully saturated rings. The Bertz CT molecular complexity index is 436.